The minimum Gasteiger partial charge on any atom is -0.547 e. The van der Waals surface area contributed by atoms with E-state index in [4.69, 9.17) is 4.74 Å². The molecule has 32 heavy (non-hydrogen) atoms. The first-order valence-electron chi connectivity index (χ1n) is 10.9. The second-order valence-electron chi connectivity index (χ2n) is 10.3. The van der Waals surface area contributed by atoms with Crippen molar-refractivity contribution < 1.29 is 77.5 Å². The maximum absolute atomic E-state index is 10.1. The third-order valence-corrected chi connectivity index (χ3v) is 7.98. The zero-order valence-electron chi connectivity index (χ0n) is 20.3. The molecule has 1 heterocycles. The molecule has 4 nitrogen and oxygen atoms in total. The minimum atomic E-state index is 0. The molecule has 3 N–H and O–H groups in total. The normalized spacial score (nSPS) is 30.0. The fraction of sp³-hybridized carbons (Fsp3) is 0.615. The average Bonchev–Trinajstić information content (AvgIpc) is 3.01. The number of hydrogen-bond donors (Lipinski definition) is 1. The van der Waals surface area contributed by atoms with Crippen molar-refractivity contribution in [3.63, 3.8) is 0 Å². The number of ether oxygens (including phenoxy) is 1. The zero-order valence-corrected chi connectivity index (χ0v) is 28.6. The largest absolute Gasteiger partial charge is 2.00 e. The summed E-state index contributed by atoms with van der Waals surface area (Å²) in [7, 11) is 1.73. The minimum absolute atomic E-state index is 0. The third-order valence-electron chi connectivity index (χ3n) is 7.98. The molecule has 6 heteroatoms. The van der Waals surface area contributed by atoms with Crippen LogP contribution < -0.4 is 10.5 Å². The summed E-state index contributed by atoms with van der Waals surface area (Å²) >= 11 is 0. The summed E-state index contributed by atoms with van der Waals surface area (Å²) in [6.07, 6.45) is 14.1. The van der Waals surface area contributed by atoms with E-state index >= 15 is 0 Å². The first-order chi connectivity index (χ1) is 13.8. The van der Waals surface area contributed by atoms with Gasteiger partial charge in [-0.15, -0.1) is 11.6 Å². The molecule has 4 aliphatic rings. The van der Waals surface area contributed by atoms with Crippen LogP contribution in [0.2, 0.25) is 0 Å². The molecule has 4 atom stereocenters. The first kappa shape index (κ1) is 30.3. The van der Waals surface area contributed by atoms with Gasteiger partial charge in [-0.25, -0.2) is 0 Å². The van der Waals surface area contributed by atoms with Crippen LogP contribution in [0.1, 0.15) is 57.6 Å². The first-order valence-corrected chi connectivity index (χ1v) is 10.9. The van der Waals surface area contributed by atoms with Gasteiger partial charge in [0.15, 0.2) is 0 Å². The predicted octanol–water partition coefficient (Wildman–Crippen LogP) is 3.31. The van der Waals surface area contributed by atoms with Crippen molar-refractivity contribution in [1.29, 1.82) is 0 Å². The van der Waals surface area contributed by atoms with Gasteiger partial charge >= 0.3 is 62.2 Å². The van der Waals surface area contributed by atoms with Gasteiger partial charge in [-0.1, -0.05) is 40.0 Å². The number of quaternary nitrogens is 1. The van der Waals surface area contributed by atoms with Crippen molar-refractivity contribution in [1.82, 2.24) is 4.90 Å². The smallest absolute Gasteiger partial charge is 0.547 e. The Morgan fingerprint density at radius 1 is 1.38 bits per heavy atom. The number of carbonyl (C=O) groups excluding carboxylic acids is 1. The molecule has 5 rings (SSSR count). The quantitative estimate of drug-likeness (QED) is 0.374. The molecule has 0 aromatic heterocycles. The van der Waals surface area contributed by atoms with Gasteiger partial charge in [-0.05, 0) is 49.3 Å². The van der Waals surface area contributed by atoms with Gasteiger partial charge < -0.3 is 33.7 Å². The number of nitrogens with zero attached hydrogens (tertiary/aromatic N) is 1. The topological polar surface area (TPSA) is 57.2 Å². The van der Waals surface area contributed by atoms with Gasteiger partial charge in [-0.3, -0.25) is 6.08 Å². The molecule has 3 aliphatic carbocycles. The summed E-state index contributed by atoms with van der Waals surface area (Å²) in [5, 5.41) is 0. The molecule has 1 spiro atoms. The van der Waals surface area contributed by atoms with Gasteiger partial charge in [0.25, 0.3) is 0 Å². The van der Waals surface area contributed by atoms with E-state index in [9.17, 15) is 4.79 Å². The van der Waals surface area contributed by atoms with E-state index in [0.717, 1.165) is 24.8 Å². The molecule has 1 fully saturated rings. The second-order valence-corrected chi connectivity index (χ2v) is 10.3. The van der Waals surface area contributed by atoms with Crippen LogP contribution in [-0.4, -0.2) is 37.6 Å². The standard InChI is InChI=1S/C18H18O.C7H15N2O.CH3.2U/c1-17-9-4-8-15-18(17)10-3-6-13(17)11-12-5-2-7-14(19-15)16(12)18;1-7(2,4-8)5-9(3)6-10;;;/h2,4-5,13,15H,3,6,9-11H2,1H3;4-5,8H2,1-3H3;1H3;;/q-2;2*-1;2*+2/p+1. The van der Waals surface area contributed by atoms with E-state index < -0.39 is 0 Å². The van der Waals surface area contributed by atoms with Crippen molar-refractivity contribution in [3.05, 3.63) is 48.9 Å². The molecular formula is C26H37N2O2U2+. The van der Waals surface area contributed by atoms with E-state index in [1.54, 1.807) is 7.05 Å². The molecule has 0 radical (unpaired) electrons. The van der Waals surface area contributed by atoms with E-state index in [-0.39, 0.29) is 86.6 Å². The van der Waals surface area contributed by atoms with Crippen LogP contribution in [0.25, 0.3) is 0 Å². The monoisotopic (exact) mass is 885 g/mol. The summed E-state index contributed by atoms with van der Waals surface area (Å²) in [5.74, 6) is 1.84. The Balaban J connectivity index is 0.000000349. The Morgan fingerprint density at radius 2 is 2.09 bits per heavy atom. The molecule has 1 amide bonds. The van der Waals surface area contributed by atoms with Gasteiger partial charge in [-0.2, -0.15) is 24.1 Å². The van der Waals surface area contributed by atoms with Crippen molar-refractivity contribution in [2.75, 3.05) is 20.1 Å². The predicted molar refractivity (Wildman–Crippen MR) is 119 cm³/mol. The Kier molecular flexibility index (Phi) is 10.8. The van der Waals surface area contributed by atoms with Crippen LogP contribution >= 0.6 is 0 Å². The van der Waals surface area contributed by atoms with Crippen LogP contribution in [0.5, 0.6) is 5.75 Å². The van der Waals surface area contributed by atoms with E-state index in [1.165, 1.54) is 48.1 Å². The maximum Gasteiger partial charge on any atom is 2.00 e. The van der Waals surface area contributed by atoms with Gasteiger partial charge in [0.1, 0.15) is 0 Å². The summed E-state index contributed by atoms with van der Waals surface area (Å²) in [4.78, 5) is 11.6. The van der Waals surface area contributed by atoms with Crippen molar-refractivity contribution >= 4 is 6.41 Å². The number of rotatable bonds is 4. The summed E-state index contributed by atoms with van der Waals surface area (Å²) in [6.45, 7) is 8.22. The van der Waals surface area contributed by atoms with E-state index in [0.29, 0.717) is 5.41 Å². The van der Waals surface area contributed by atoms with Gasteiger partial charge in [0.05, 0.1) is 6.54 Å². The summed E-state index contributed by atoms with van der Waals surface area (Å²) in [6, 6.07) is 7.67. The van der Waals surface area contributed by atoms with Crippen molar-refractivity contribution in [2.45, 2.75) is 64.4 Å². The van der Waals surface area contributed by atoms with E-state index in [1.807, 2.05) is 12.5 Å². The summed E-state index contributed by atoms with van der Waals surface area (Å²) in [5.41, 5.74) is 7.50. The fourth-order valence-corrected chi connectivity index (χ4v) is 6.31. The molecule has 1 aliphatic heterocycles. The third kappa shape index (κ3) is 4.84. The molecule has 1 aromatic rings. The molecule has 0 saturated heterocycles. The Labute approximate surface area is 242 Å². The molecule has 4 unspecified atom stereocenters. The van der Waals surface area contributed by atoms with E-state index in [2.05, 4.69) is 50.8 Å². The van der Waals surface area contributed by atoms with Gasteiger partial charge in [0, 0.05) is 11.2 Å². The Bertz CT molecular complexity index is 828. The summed E-state index contributed by atoms with van der Waals surface area (Å²) < 4.78 is 6.25. The molecule has 2 bridgehead atoms. The SMILES string of the molecule is CC12CC=[C-]C3Oc4[c-]ccc5c4C31CCCC2C5.CN([C-]=O)CC(C)(C)C[NH3+].[CH3-].[U+2].[U+2]. The van der Waals surface area contributed by atoms with Crippen molar-refractivity contribution in [2.24, 2.45) is 16.7 Å². The molecule has 1 saturated carbocycles. The van der Waals surface area contributed by atoms with Crippen LogP contribution in [0, 0.1) is 98.5 Å². The number of benzene rings is 1. The fourth-order valence-electron chi connectivity index (χ4n) is 6.31. The molecule has 170 valence electrons. The number of hydrogen-bond acceptors (Lipinski definition) is 2. The zero-order chi connectivity index (χ0) is 20.9. The molecular weight excluding hydrogens is 848 g/mol. The van der Waals surface area contributed by atoms with Crippen LogP contribution in [0.3, 0.4) is 0 Å². The van der Waals surface area contributed by atoms with Gasteiger partial charge in [0.2, 0.25) is 0 Å². The average molecular weight is 886 g/mol. The Morgan fingerprint density at radius 3 is 2.75 bits per heavy atom. The number of amides is 1. The van der Waals surface area contributed by atoms with Crippen LogP contribution in [0.15, 0.2) is 18.2 Å². The Hall–Kier alpha value is 0.294. The number of allylic oxidation sites excluding steroid dienone is 1. The van der Waals surface area contributed by atoms with Crippen LogP contribution in [-0.2, 0) is 16.6 Å². The molecule has 1 aromatic carbocycles. The second kappa shape index (κ2) is 11.4. The maximum atomic E-state index is 10.1. The van der Waals surface area contributed by atoms with Crippen molar-refractivity contribution in [3.8, 4) is 5.75 Å². The van der Waals surface area contributed by atoms with Crippen LogP contribution in [0.4, 0.5) is 0 Å².